The summed E-state index contributed by atoms with van der Waals surface area (Å²) in [6.07, 6.45) is 6.44. The van der Waals surface area contributed by atoms with E-state index in [9.17, 15) is 18.3 Å². The van der Waals surface area contributed by atoms with Crippen molar-refractivity contribution >= 4 is 16.2 Å². The Morgan fingerprint density at radius 2 is 1.95 bits per heavy atom. The van der Waals surface area contributed by atoms with E-state index in [1.807, 2.05) is 0 Å². The number of carbonyl (C=O) groups is 1. The second-order valence-corrected chi connectivity index (χ2v) is 6.70. The van der Waals surface area contributed by atoms with Crippen LogP contribution in [0.2, 0.25) is 0 Å². The zero-order valence-electron chi connectivity index (χ0n) is 11.6. The zero-order valence-corrected chi connectivity index (χ0v) is 12.4. The molecule has 1 fully saturated rings. The molecule has 0 aromatic carbocycles. The van der Waals surface area contributed by atoms with E-state index < -0.39 is 22.2 Å². The lowest BCUT2D eigenvalue weighted by Crippen LogP contribution is -2.44. The summed E-state index contributed by atoms with van der Waals surface area (Å²) in [6.45, 7) is 0.851. The van der Waals surface area contributed by atoms with Crippen molar-refractivity contribution in [2.24, 2.45) is 0 Å². The number of carboxylic acids is 1. The van der Waals surface area contributed by atoms with Crippen LogP contribution in [0.25, 0.3) is 0 Å². The van der Waals surface area contributed by atoms with E-state index in [1.54, 1.807) is 6.07 Å². The molecular weight excluding hydrogens is 294 g/mol. The molecule has 2 N–H and O–H groups in total. The van der Waals surface area contributed by atoms with Crippen molar-refractivity contribution in [3.05, 3.63) is 30.1 Å². The Morgan fingerprint density at radius 3 is 2.48 bits per heavy atom. The Kier molecular flexibility index (Phi) is 5.27. The van der Waals surface area contributed by atoms with Gasteiger partial charge in [0.1, 0.15) is 6.04 Å². The van der Waals surface area contributed by atoms with Crippen LogP contribution in [0.1, 0.15) is 37.3 Å². The highest BCUT2D eigenvalue weighted by Gasteiger charge is 2.30. The molecular formula is C13H19N3O4S. The van der Waals surface area contributed by atoms with Crippen molar-refractivity contribution in [3.8, 4) is 0 Å². The van der Waals surface area contributed by atoms with E-state index in [-0.39, 0.29) is 0 Å². The van der Waals surface area contributed by atoms with Crippen LogP contribution in [0, 0.1) is 0 Å². The highest BCUT2D eigenvalue weighted by Crippen LogP contribution is 2.17. The normalized spacial score (nSPS) is 18.9. The molecule has 2 rings (SSSR count). The van der Waals surface area contributed by atoms with Gasteiger partial charge in [-0.05, 0) is 24.5 Å². The Labute approximate surface area is 124 Å². The van der Waals surface area contributed by atoms with Crippen LogP contribution in [0.3, 0.4) is 0 Å². The molecule has 0 radical (unpaired) electrons. The molecule has 1 unspecified atom stereocenters. The molecule has 0 spiro atoms. The Morgan fingerprint density at radius 1 is 1.29 bits per heavy atom. The van der Waals surface area contributed by atoms with Crippen molar-refractivity contribution in [1.82, 2.24) is 14.0 Å². The van der Waals surface area contributed by atoms with Crippen LogP contribution < -0.4 is 4.72 Å². The molecule has 1 aromatic heterocycles. The van der Waals surface area contributed by atoms with Crippen LogP contribution in [-0.2, 0) is 15.0 Å². The monoisotopic (exact) mass is 313 g/mol. The SMILES string of the molecule is O=C(O)C(NS(=O)(=O)N1CCCCCC1)c1cccnc1. The number of nitrogens with one attached hydrogen (secondary N) is 1. The number of carboxylic acid groups (broad SMARTS) is 1. The minimum Gasteiger partial charge on any atom is -0.480 e. The smallest absolute Gasteiger partial charge is 0.326 e. The second kappa shape index (κ2) is 6.97. The van der Waals surface area contributed by atoms with Gasteiger partial charge in [0.05, 0.1) is 0 Å². The largest absolute Gasteiger partial charge is 0.480 e. The molecule has 7 nitrogen and oxygen atoms in total. The summed E-state index contributed by atoms with van der Waals surface area (Å²) >= 11 is 0. The maximum Gasteiger partial charge on any atom is 0.326 e. The quantitative estimate of drug-likeness (QED) is 0.842. The van der Waals surface area contributed by atoms with Gasteiger partial charge >= 0.3 is 5.97 Å². The fraction of sp³-hybridized carbons (Fsp3) is 0.538. The summed E-state index contributed by atoms with van der Waals surface area (Å²) < 4.78 is 28.3. The number of aliphatic carboxylic acids is 1. The lowest BCUT2D eigenvalue weighted by Gasteiger charge is -2.23. The number of aromatic nitrogens is 1. The van der Waals surface area contributed by atoms with Crippen molar-refractivity contribution in [2.45, 2.75) is 31.7 Å². The molecule has 1 aliphatic rings. The molecule has 1 aliphatic heterocycles. The Hall–Kier alpha value is -1.51. The average molecular weight is 313 g/mol. The molecule has 1 aromatic rings. The van der Waals surface area contributed by atoms with E-state index in [4.69, 9.17) is 0 Å². The summed E-state index contributed by atoms with van der Waals surface area (Å²) in [6, 6.07) is 1.79. The van der Waals surface area contributed by atoms with Crippen molar-refractivity contribution in [3.63, 3.8) is 0 Å². The maximum absolute atomic E-state index is 12.4. The molecule has 1 saturated heterocycles. The standard InChI is InChI=1S/C13H19N3O4S/c17-13(18)12(11-6-5-7-14-10-11)15-21(19,20)16-8-3-1-2-4-9-16/h5-7,10,12,15H,1-4,8-9H2,(H,17,18). The predicted molar refractivity (Wildman–Crippen MR) is 76.7 cm³/mol. The second-order valence-electron chi connectivity index (χ2n) is 4.99. The van der Waals surface area contributed by atoms with Gasteiger partial charge in [0.25, 0.3) is 10.2 Å². The lowest BCUT2D eigenvalue weighted by molar-refractivity contribution is -0.139. The fourth-order valence-corrected chi connectivity index (χ4v) is 3.74. The number of nitrogens with zero attached hydrogens (tertiary/aromatic N) is 2. The maximum atomic E-state index is 12.4. The van der Waals surface area contributed by atoms with Crippen molar-refractivity contribution < 1.29 is 18.3 Å². The van der Waals surface area contributed by atoms with Crippen LogP contribution in [0.5, 0.6) is 0 Å². The molecule has 0 aliphatic carbocycles. The van der Waals surface area contributed by atoms with Gasteiger partial charge in [0.15, 0.2) is 0 Å². The predicted octanol–water partition coefficient (Wildman–Crippen LogP) is 0.918. The van der Waals surface area contributed by atoms with E-state index in [1.165, 1.54) is 22.8 Å². The first kappa shape index (κ1) is 15.9. The summed E-state index contributed by atoms with van der Waals surface area (Å²) in [4.78, 5) is 15.2. The van der Waals surface area contributed by atoms with E-state index in [2.05, 4.69) is 9.71 Å². The summed E-state index contributed by atoms with van der Waals surface area (Å²) in [5.41, 5.74) is 0.309. The number of pyridine rings is 1. The average Bonchev–Trinajstić information content (AvgIpc) is 2.75. The zero-order chi connectivity index (χ0) is 15.3. The van der Waals surface area contributed by atoms with Gasteiger partial charge in [-0.3, -0.25) is 9.78 Å². The third kappa shape index (κ3) is 4.23. The molecule has 116 valence electrons. The third-order valence-corrected chi connectivity index (χ3v) is 5.01. The highest BCUT2D eigenvalue weighted by atomic mass is 32.2. The highest BCUT2D eigenvalue weighted by molar-refractivity contribution is 7.87. The van der Waals surface area contributed by atoms with Crippen LogP contribution in [0.4, 0.5) is 0 Å². The molecule has 2 heterocycles. The Bertz CT molecular complexity index is 568. The molecule has 0 bridgehead atoms. The van der Waals surface area contributed by atoms with E-state index in [0.717, 1.165) is 25.7 Å². The summed E-state index contributed by atoms with van der Waals surface area (Å²) in [5, 5.41) is 9.27. The summed E-state index contributed by atoms with van der Waals surface area (Å²) in [7, 11) is -3.82. The van der Waals surface area contributed by atoms with Gasteiger partial charge in [-0.2, -0.15) is 17.4 Å². The number of hydrogen-bond acceptors (Lipinski definition) is 4. The van der Waals surface area contributed by atoms with Crippen LogP contribution in [-0.4, -0.2) is 41.9 Å². The molecule has 8 heteroatoms. The topological polar surface area (TPSA) is 99.6 Å². The van der Waals surface area contributed by atoms with Crippen molar-refractivity contribution in [1.29, 1.82) is 0 Å². The third-order valence-electron chi connectivity index (χ3n) is 3.44. The molecule has 21 heavy (non-hydrogen) atoms. The first-order chi connectivity index (χ1) is 10.0. The summed E-state index contributed by atoms with van der Waals surface area (Å²) in [5.74, 6) is -1.25. The van der Waals surface area contributed by atoms with Crippen LogP contribution >= 0.6 is 0 Å². The lowest BCUT2D eigenvalue weighted by atomic mass is 10.1. The first-order valence-corrected chi connectivity index (χ1v) is 8.35. The molecule has 0 amide bonds. The van der Waals surface area contributed by atoms with Gasteiger partial charge in [0, 0.05) is 25.5 Å². The molecule has 1 atom stereocenters. The van der Waals surface area contributed by atoms with E-state index in [0.29, 0.717) is 18.7 Å². The minimum absolute atomic E-state index is 0.309. The minimum atomic E-state index is -3.82. The number of hydrogen-bond donors (Lipinski definition) is 2. The van der Waals surface area contributed by atoms with Gasteiger partial charge in [-0.1, -0.05) is 18.9 Å². The fourth-order valence-electron chi connectivity index (χ4n) is 2.31. The van der Waals surface area contributed by atoms with E-state index >= 15 is 0 Å². The van der Waals surface area contributed by atoms with Crippen LogP contribution in [0.15, 0.2) is 24.5 Å². The van der Waals surface area contributed by atoms with Gasteiger partial charge in [-0.25, -0.2) is 0 Å². The molecule has 0 saturated carbocycles. The number of rotatable bonds is 5. The van der Waals surface area contributed by atoms with Gasteiger partial charge in [-0.15, -0.1) is 0 Å². The van der Waals surface area contributed by atoms with Gasteiger partial charge in [0.2, 0.25) is 0 Å². The Balaban J connectivity index is 2.17. The van der Waals surface area contributed by atoms with Crippen molar-refractivity contribution in [2.75, 3.05) is 13.1 Å². The van der Waals surface area contributed by atoms with Gasteiger partial charge < -0.3 is 5.11 Å². The first-order valence-electron chi connectivity index (χ1n) is 6.91.